The lowest BCUT2D eigenvalue weighted by Gasteiger charge is -1.96. The summed E-state index contributed by atoms with van der Waals surface area (Å²) in [6.45, 7) is 2.10. The fourth-order valence-electron chi connectivity index (χ4n) is 1.46. The maximum Gasteiger partial charge on any atom is 0.157 e. The average Bonchev–Trinajstić information content (AvgIpc) is 2.43. The lowest BCUT2D eigenvalue weighted by atomic mass is 10.1. The first-order valence-electron chi connectivity index (χ1n) is 4.23. The standard InChI is InChI=1S/C10H11NOS/c1-2-6-4-3-5-7-8(12)10(11)13-9(6)7/h3-5,12H,2,11H2,1H3. The highest BCUT2D eigenvalue weighted by molar-refractivity contribution is 7.23. The van der Waals surface area contributed by atoms with Crippen LogP contribution in [0.15, 0.2) is 18.2 Å². The van der Waals surface area contributed by atoms with Crippen molar-refractivity contribution in [3.63, 3.8) is 0 Å². The molecule has 0 unspecified atom stereocenters. The molecule has 68 valence electrons. The maximum absolute atomic E-state index is 9.60. The molecule has 0 saturated heterocycles. The monoisotopic (exact) mass is 193 g/mol. The first-order chi connectivity index (χ1) is 6.24. The van der Waals surface area contributed by atoms with Gasteiger partial charge in [0.25, 0.3) is 0 Å². The van der Waals surface area contributed by atoms with E-state index in [0.717, 1.165) is 16.5 Å². The van der Waals surface area contributed by atoms with Crippen LogP contribution in [-0.2, 0) is 6.42 Å². The van der Waals surface area contributed by atoms with E-state index in [1.54, 1.807) is 0 Å². The molecule has 1 aromatic carbocycles. The first-order valence-corrected chi connectivity index (χ1v) is 5.04. The zero-order chi connectivity index (χ0) is 9.42. The van der Waals surface area contributed by atoms with Crippen LogP contribution < -0.4 is 5.73 Å². The number of hydrogen-bond acceptors (Lipinski definition) is 3. The smallest absolute Gasteiger partial charge is 0.157 e. The molecule has 3 N–H and O–H groups in total. The fourth-order valence-corrected chi connectivity index (χ4v) is 2.51. The average molecular weight is 193 g/mol. The molecule has 0 aliphatic heterocycles. The van der Waals surface area contributed by atoms with Gasteiger partial charge >= 0.3 is 0 Å². The van der Waals surface area contributed by atoms with Gasteiger partial charge < -0.3 is 10.8 Å². The Morgan fingerprint density at radius 1 is 1.46 bits per heavy atom. The molecule has 1 aromatic heterocycles. The van der Waals surface area contributed by atoms with E-state index in [-0.39, 0.29) is 5.75 Å². The largest absolute Gasteiger partial charge is 0.504 e. The lowest BCUT2D eigenvalue weighted by Crippen LogP contribution is -1.77. The highest BCUT2D eigenvalue weighted by Gasteiger charge is 2.09. The van der Waals surface area contributed by atoms with Crippen LogP contribution in [-0.4, -0.2) is 5.11 Å². The number of aromatic hydroxyl groups is 1. The number of hydrogen-bond donors (Lipinski definition) is 2. The van der Waals surface area contributed by atoms with Crippen LogP contribution in [0.2, 0.25) is 0 Å². The minimum Gasteiger partial charge on any atom is -0.504 e. The van der Waals surface area contributed by atoms with Crippen molar-refractivity contribution in [2.45, 2.75) is 13.3 Å². The summed E-state index contributed by atoms with van der Waals surface area (Å²) in [5, 5.41) is 11.0. The van der Waals surface area contributed by atoms with Crippen molar-refractivity contribution < 1.29 is 5.11 Å². The van der Waals surface area contributed by atoms with Crippen molar-refractivity contribution >= 4 is 26.4 Å². The molecule has 1 heterocycles. The fraction of sp³-hybridized carbons (Fsp3) is 0.200. The number of aryl methyl sites for hydroxylation is 1. The normalized spacial score (nSPS) is 10.8. The third-order valence-corrected chi connectivity index (χ3v) is 3.28. The van der Waals surface area contributed by atoms with E-state index in [4.69, 9.17) is 5.73 Å². The number of nitrogen functional groups attached to an aromatic ring is 1. The summed E-state index contributed by atoms with van der Waals surface area (Å²) in [5.41, 5.74) is 6.89. The van der Waals surface area contributed by atoms with Crippen LogP contribution in [0.1, 0.15) is 12.5 Å². The van der Waals surface area contributed by atoms with Crippen LogP contribution >= 0.6 is 11.3 Å². The number of anilines is 1. The molecule has 0 fully saturated rings. The van der Waals surface area contributed by atoms with E-state index in [9.17, 15) is 5.11 Å². The van der Waals surface area contributed by atoms with E-state index < -0.39 is 0 Å². The molecule has 2 nitrogen and oxygen atoms in total. The zero-order valence-electron chi connectivity index (χ0n) is 7.37. The highest BCUT2D eigenvalue weighted by Crippen LogP contribution is 2.40. The first kappa shape index (κ1) is 8.38. The summed E-state index contributed by atoms with van der Waals surface area (Å²) in [4.78, 5) is 0. The number of thiophene rings is 1. The molecule has 2 rings (SSSR count). The van der Waals surface area contributed by atoms with Gasteiger partial charge in [-0.05, 0) is 18.1 Å². The molecule has 0 bridgehead atoms. The maximum atomic E-state index is 9.60. The molecule has 0 aliphatic rings. The summed E-state index contributed by atoms with van der Waals surface area (Å²) in [5.74, 6) is 0.232. The molecular formula is C10H11NOS. The number of nitrogens with two attached hydrogens (primary N) is 1. The van der Waals surface area contributed by atoms with Gasteiger partial charge in [-0.1, -0.05) is 19.1 Å². The van der Waals surface area contributed by atoms with E-state index in [1.165, 1.54) is 16.9 Å². The second-order valence-corrected chi connectivity index (χ2v) is 4.01. The topological polar surface area (TPSA) is 46.2 Å². The summed E-state index contributed by atoms with van der Waals surface area (Å²) >= 11 is 1.46. The Hall–Kier alpha value is -1.22. The van der Waals surface area contributed by atoms with Crippen LogP contribution in [0.5, 0.6) is 5.75 Å². The SMILES string of the molecule is CCc1cccc2c(O)c(N)sc12. The van der Waals surface area contributed by atoms with Crippen molar-refractivity contribution in [2.24, 2.45) is 0 Å². The van der Waals surface area contributed by atoms with Crippen LogP contribution in [0, 0.1) is 0 Å². The van der Waals surface area contributed by atoms with Gasteiger partial charge in [0.15, 0.2) is 5.75 Å². The van der Waals surface area contributed by atoms with Crippen molar-refractivity contribution in [2.75, 3.05) is 5.73 Å². The van der Waals surface area contributed by atoms with Crippen molar-refractivity contribution in [3.05, 3.63) is 23.8 Å². The molecule has 0 saturated carbocycles. The van der Waals surface area contributed by atoms with Crippen molar-refractivity contribution in [1.82, 2.24) is 0 Å². The molecule has 0 radical (unpaired) electrons. The van der Waals surface area contributed by atoms with Crippen LogP contribution in [0.3, 0.4) is 0 Å². The number of rotatable bonds is 1. The molecule has 0 aliphatic carbocycles. The third kappa shape index (κ3) is 1.16. The lowest BCUT2D eigenvalue weighted by molar-refractivity contribution is 0.486. The Morgan fingerprint density at radius 3 is 2.92 bits per heavy atom. The highest BCUT2D eigenvalue weighted by atomic mass is 32.1. The number of fused-ring (bicyclic) bond motifs is 1. The van der Waals surface area contributed by atoms with E-state index >= 15 is 0 Å². The van der Waals surface area contributed by atoms with Gasteiger partial charge in [0.05, 0.1) is 0 Å². The predicted molar refractivity (Wildman–Crippen MR) is 57.3 cm³/mol. The summed E-state index contributed by atoms with van der Waals surface area (Å²) in [6, 6.07) is 5.92. The van der Waals surface area contributed by atoms with Gasteiger partial charge in [-0.3, -0.25) is 0 Å². The zero-order valence-corrected chi connectivity index (χ0v) is 8.19. The van der Waals surface area contributed by atoms with Crippen molar-refractivity contribution in [3.8, 4) is 5.75 Å². The third-order valence-electron chi connectivity index (χ3n) is 2.18. The molecule has 0 amide bonds. The van der Waals surface area contributed by atoms with Gasteiger partial charge in [0, 0.05) is 10.1 Å². The minimum atomic E-state index is 0.232. The minimum absolute atomic E-state index is 0.232. The molecule has 3 heteroatoms. The summed E-state index contributed by atoms with van der Waals surface area (Å²) < 4.78 is 1.11. The quantitative estimate of drug-likeness (QED) is 0.731. The Kier molecular flexibility index (Phi) is 1.88. The second-order valence-electron chi connectivity index (χ2n) is 2.96. The van der Waals surface area contributed by atoms with Crippen LogP contribution in [0.4, 0.5) is 5.00 Å². The van der Waals surface area contributed by atoms with Gasteiger partial charge in [0.2, 0.25) is 0 Å². The molecule has 13 heavy (non-hydrogen) atoms. The van der Waals surface area contributed by atoms with Crippen molar-refractivity contribution in [1.29, 1.82) is 0 Å². The van der Waals surface area contributed by atoms with Gasteiger partial charge in [-0.15, -0.1) is 11.3 Å². The second kappa shape index (κ2) is 2.92. The Bertz CT molecular complexity index is 447. The molecule has 2 aromatic rings. The summed E-state index contributed by atoms with van der Waals surface area (Å²) in [6.07, 6.45) is 0.969. The Morgan fingerprint density at radius 2 is 2.23 bits per heavy atom. The van der Waals surface area contributed by atoms with Gasteiger partial charge in [-0.2, -0.15) is 0 Å². The molecular weight excluding hydrogens is 182 g/mol. The summed E-state index contributed by atoms with van der Waals surface area (Å²) in [7, 11) is 0. The van der Waals surface area contributed by atoms with Crippen LogP contribution in [0.25, 0.3) is 10.1 Å². The Balaban J connectivity index is 2.84. The van der Waals surface area contributed by atoms with E-state index in [2.05, 4.69) is 13.0 Å². The predicted octanol–water partition coefficient (Wildman–Crippen LogP) is 2.75. The van der Waals surface area contributed by atoms with Gasteiger partial charge in [-0.25, -0.2) is 0 Å². The number of benzene rings is 1. The van der Waals surface area contributed by atoms with E-state index in [1.807, 2.05) is 12.1 Å². The molecule has 0 spiro atoms. The molecule has 0 atom stereocenters. The van der Waals surface area contributed by atoms with E-state index in [0.29, 0.717) is 5.00 Å². The Labute approximate surface area is 80.6 Å². The van der Waals surface area contributed by atoms with Gasteiger partial charge in [0.1, 0.15) is 5.00 Å².